The summed E-state index contributed by atoms with van der Waals surface area (Å²) in [6.07, 6.45) is -31.5. The van der Waals surface area contributed by atoms with Gasteiger partial charge in [-0.25, -0.2) is 0 Å². The molecule has 4 saturated carbocycles. The van der Waals surface area contributed by atoms with Gasteiger partial charge in [-0.05, 0) is 104 Å². The van der Waals surface area contributed by atoms with Gasteiger partial charge < -0.3 is 128 Å². The molecule has 0 aromatic heterocycles. The van der Waals surface area contributed by atoms with Gasteiger partial charge in [-0.3, -0.25) is 0 Å². The van der Waals surface area contributed by atoms with Crippen LogP contribution in [0.3, 0.4) is 0 Å². The van der Waals surface area contributed by atoms with Gasteiger partial charge >= 0.3 is 0 Å². The highest BCUT2D eigenvalue weighted by Gasteiger charge is 2.69. The number of hydrogen-bond acceptors (Lipinski definition) is 26. The highest BCUT2D eigenvalue weighted by Crippen LogP contribution is 2.71. The minimum Gasteiger partial charge on any atom is -0.394 e. The minimum atomic E-state index is -2.11. The summed E-state index contributed by atoms with van der Waals surface area (Å²) in [5.74, 6) is 2.89. The molecule has 81 heavy (non-hydrogen) atoms. The summed E-state index contributed by atoms with van der Waals surface area (Å²) in [5.41, 5.74) is 0.239. The van der Waals surface area contributed by atoms with Crippen molar-refractivity contribution in [2.45, 2.75) is 251 Å². The van der Waals surface area contributed by atoms with Gasteiger partial charge in [0.2, 0.25) is 0 Å². The van der Waals surface area contributed by atoms with E-state index in [1.165, 1.54) is 0 Å². The van der Waals surface area contributed by atoms with Gasteiger partial charge in [0.05, 0.1) is 51.8 Å². The Morgan fingerprint density at radius 1 is 0.457 bits per heavy atom. The second-order valence-corrected chi connectivity index (χ2v) is 26.2. The first-order valence-electron chi connectivity index (χ1n) is 29.7. The van der Waals surface area contributed by atoms with E-state index in [1.807, 2.05) is 0 Å². The molecule has 4 aliphatic carbocycles. The maximum Gasteiger partial charge on any atom is 0.187 e. The molecule has 466 valence electrons. The second-order valence-electron chi connectivity index (χ2n) is 26.2. The van der Waals surface area contributed by atoms with Crippen LogP contribution in [0.5, 0.6) is 0 Å². The normalized spacial score (nSPS) is 57.6. The van der Waals surface area contributed by atoms with Crippen LogP contribution in [0.15, 0.2) is 0 Å². The third kappa shape index (κ3) is 10.9. The van der Waals surface area contributed by atoms with E-state index in [1.54, 1.807) is 0 Å². The molecule has 0 bridgehead atoms. The third-order valence-electron chi connectivity index (χ3n) is 21.7. The number of ether oxygens (including phenoxy) is 12. The molecular formula is C55H90O26. The summed E-state index contributed by atoms with van der Waals surface area (Å²) in [4.78, 5) is 0. The number of aliphatic hydroxyl groups excluding tert-OH is 14. The molecule has 14 N–H and O–H groups in total. The average molecular weight is 1170 g/mol. The SMILES string of the molecule is C[C@@H]1CC[C@@]2(OC1)O[C@@H]1C[C@H]3[C@@H]4CC[C@H]5C[C@H](O[C@H]6O[C@@H](CO)[C@H](O[C@H]7O[C@@H](CO)[C@H](O)[C@@H](O[C@H]8OC[C@H](O)[C@@H](O)[C@@H]8O)[C@@H]7O[C@H]7O[C@@H](CO)[C@H](O)[C@@H](O[C@H]8OC[C@H](O)[C@@H](O)[C@@H]8O)[C@@H]7O)[C@@H](O)[C@@H]6O)CC[C@@]5(C)[C@H]4CC[C@@]3(C)[C@@H]1[C@H]2C. The quantitative estimate of drug-likeness (QED) is 0.0786. The van der Waals surface area contributed by atoms with Crippen LogP contribution in [-0.4, -0.2) is 270 Å². The number of rotatable bonds is 13. The van der Waals surface area contributed by atoms with E-state index in [0.29, 0.717) is 54.3 Å². The monoisotopic (exact) mass is 1170 g/mol. The van der Waals surface area contributed by atoms with E-state index in [0.717, 1.165) is 58.0 Å². The molecule has 0 radical (unpaired) electrons. The molecule has 26 nitrogen and oxygen atoms in total. The molecule has 11 rings (SSSR count). The molecule has 11 fully saturated rings. The van der Waals surface area contributed by atoms with E-state index < -0.39 is 180 Å². The second kappa shape index (κ2) is 24.2. The van der Waals surface area contributed by atoms with E-state index in [-0.39, 0.29) is 23.0 Å². The first kappa shape index (κ1) is 61.6. The molecule has 0 aromatic carbocycles. The number of hydrogen-bond donors (Lipinski definition) is 14. The Morgan fingerprint density at radius 3 is 1.64 bits per heavy atom. The predicted molar refractivity (Wildman–Crippen MR) is 269 cm³/mol. The van der Waals surface area contributed by atoms with Crippen molar-refractivity contribution in [3.63, 3.8) is 0 Å². The minimum absolute atomic E-state index is 0.0600. The van der Waals surface area contributed by atoms with E-state index >= 15 is 0 Å². The summed E-state index contributed by atoms with van der Waals surface area (Å²) in [5, 5.41) is 153. The van der Waals surface area contributed by atoms with Gasteiger partial charge in [0.1, 0.15) is 110 Å². The van der Waals surface area contributed by atoms with Crippen LogP contribution in [0.1, 0.15) is 91.9 Å². The lowest BCUT2D eigenvalue weighted by atomic mass is 9.44. The van der Waals surface area contributed by atoms with E-state index in [4.69, 9.17) is 56.8 Å². The number of aliphatic hydroxyl groups is 14. The first-order valence-corrected chi connectivity index (χ1v) is 29.7. The highest BCUT2D eigenvalue weighted by atomic mass is 16.8. The van der Waals surface area contributed by atoms with Crippen LogP contribution in [0.25, 0.3) is 0 Å². The van der Waals surface area contributed by atoms with Crippen LogP contribution in [0.4, 0.5) is 0 Å². The van der Waals surface area contributed by atoms with Crippen LogP contribution in [0.2, 0.25) is 0 Å². The summed E-state index contributed by atoms with van der Waals surface area (Å²) in [7, 11) is 0. The highest BCUT2D eigenvalue weighted by molar-refractivity contribution is 5.16. The van der Waals surface area contributed by atoms with Crippen LogP contribution in [0, 0.1) is 52.3 Å². The largest absolute Gasteiger partial charge is 0.394 e. The Morgan fingerprint density at radius 2 is 1.01 bits per heavy atom. The fourth-order valence-corrected chi connectivity index (χ4v) is 17.1. The molecule has 26 heteroatoms. The van der Waals surface area contributed by atoms with Crippen LogP contribution >= 0.6 is 0 Å². The molecule has 0 unspecified atom stereocenters. The molecule has 0 amide bonds. The Bertz CT molecular complexity index is 2090. The molecule has 7 heterocycles. The van der Waals surface area contributed by atoms with Gasteiger partial charge in [0, 0.05) is 12.3 Å². The fraction of sp³-hybridized carbons (Fsp3) is 1.00. The van der Waals surface area contributed by atoms with Crippen molar-refractivity contribution in [2.75, 3.05) is 39.6 Å². The Balaban J connectivity index is 0.780. The maximum atomic E-state index is 12.0. The topological polar surface area (TPSA) is 394 Å². The van der Waals surface area contributed by atoms with E-state index in [2.05, 4.69) is 27.7 Å². The lowest BCUT2D eigenvalue weighted by Crippen LogP contribution is -2.69. The van der Waals surface area contributed by atoms with Crippen molar-refractivity contribution in [3.05, 3.63) is 0 Å². The van der Waals surface area contributed by atoms with Gasteiger partial charge in [0.15, 0.2) is 37.2 Å². The van der Waals surface area contributed by atoms with Crippen molar-refractivity contribution < 1.29 is 128 Å². The zero-order valence-corrected chi connectivity index (χ0v) is 46.4. The standard InChI is InChI=1S/C55H90O26/c1-21-7-12-55(72-18-21)22(2)34-30(81-55)14-27-25-6-5-23-13-24(8-10-53(23,3)26(25)9-11-54(27,34)4)73-50-42(68)39(65)44(33(17-58)76-50)77-52-47(46(38(64)32(16-57)75-52)79-49-41(67)36(62)29(60)20-71-49)80-51-43(69)45(37(63)31(15-56)74-51)78-48-40(66)35(61)28(59)19-70-48/h21-52,56-69H,5-20H2,1-4H3/t21-,22-,23+,24-,25-,26+,27+,28+,29+,30-,31+,32+,33+,34-,35-,36-,37+,38+,39+,40+,41+,42+,43+,44+,45-,46-,47+,48-,49-,50+,51-,52-,53-,54-,55-/m1/s1. The number of fused-ring (bicyclic) bond motifs is 7. The van der Waals surface area contributed by atoms with Crippen molar-refractivity contribution in [2.24, 2.45) is 52.3 Å². The van der Waals surface area contributed by atoms with Gasteiger partial charge in [0.25, 0.3) is 0 Å². The lowest BCUT2D eigenvalue weighted by molar-refractivity contribution is -0.408. The molecule has 0 aromatic rings. The molecule has 35 atom stereocenters. The molecule has 7 aliphatic heterocycles. The fourth-order valence-electron chi connectivity index (χ4n) is 17.1. The van der Waals surface area contributed by atoms with Crippen molar-refractivity contribution in [3.8, 4) is 0 Å². The van der Waals surface area contributed by atoms with Gasteiger partial charge in [-0.15, -0.1) is 0 Å². The van der Waals surface area contributed by atoms with E-state index in [9.17, 15) is 71.5 Å². The van der Waals surface area contributed by atoms with Crippen molar-refractivity contribution >= 4 is 0 Å². The summed E-state index contributed by atoms with van der Waals surface area (Å²) in [6, 6.07) is 0. The zero-order chi connectivity index (χ0) is 57.8. The van der Waals surface area contributed by atoms with Gasteiger partial charge in [-0.1, -0.05) is 27.7 Å². The predicted octanol–water partition coefficient (Wildman–Crippen LogP) is -3.81. The average Bonchev–Trinajstić information content (AvgIpc) is 4.01. The summed E-state index contributed by atoms with van der Waals surface area (Å²) >= 11 is 0. The summed E-state index contributed by atoms with van der Waals surface area (Å²) in [6.45, 7) is 6.60. The van der Waals surface area contributed by atoms with Crippen LogP contribution < -0.4 is 0 Å². The molecule has 1 spiro atoms. The summed E-state index contributed by atoms with van der Waals surface area (Å²) < 4.78 is 73.3. The Hall–Kier alpha value is -1.04. The van der Waals surface area contributed by atoms with Gasteiger partial charge in [-0.2, -0.15) is 0 Å². The Kier molecular flexibility index (Phi) is 18.4. The van der Waals surface area contributed by atoms with Crippen molar-refractivity contribution in [1.82, 2.24) is 0 Å². The smallest absolute Gasteiger partial charge is 0.187 e. The zero-order valence-electron chi connectivity index (χ0n) is 46.4. The molecule has 11 aliphatic rings. The maximum absolute atomic E-state index is 12.0. The van der Waals surface area contributed by atoms with Crippen LogP contribution in [-0.2, 0) is 56.8 Å². The first-order chi connectivity index (χ1) is 38.6. The lowest BCUT2D eigenvalue weighted by Gasteiger charge is -2.61. The molecular weight excluding hydrogens is 1080 g/mol. The Labute approximate surface area is 470 Å². The van der Waals surface area contributed by atoms with Crippen molar-refractivity contribution in [1.29, 1.82) is 0 Å². The molecule has 7 saturated heterocycles. The third-order valence-corrected chi connectivity index (χ3v) is 21.7.